The van der Waals surface area contributed by atoms with Crippen molar-refractivity contribution in [1.82, 2.24) is 0 Å². The molecule has 2 aromatic carbocycles. The third-order valence-corrected chi connectivity index (χ3v) is 4.14. The van der Waals surface area contributed by atoms with Crippen LogP contribution in [0.1, 0.15) is 29.9 Å². The number of methoxy groups -OCH3 is 1. The highest BCUT2D eigenvalue weighted by Crippen LogP contribution is 2.42. The van der Waals surface area contributed by atoms with Crippen LogP contribution in [0, 0.1) is 0 Å². The number of para-hydroxylation sites is 1. The Morgan fingerprint density at radius 1 is 1.05 bits per heavy atom. The van der Waals surface area contributed by atoms with Gasteiger partial charge in [0.05, 0.1) is 12.8 Å². The molecule has 1 N–H and O–H groups in total. The second kappa shape index (κ2) is 6.48. The molecular weight excluding hydrogens is 274 g/mol. The first-order valence-corrected chi connectivity index (χ1v) is 7.44. The molecule has 0 aromatic heterocycles. The fourth-order valence-corrected chi connectivity index (χ4v) is 3.07. The summed E-state index contributed by atoms with van der Waals surface area (Å²) in [5, 5.41) is 12.5. The van der Waals surface area contributed by atoms with E-state index in [1.54, 1.807) is 7.11 Å². The molecule has 3 rings (SSSR count). The predicted octanol–water partition coefficient (Wildman–Crippen LogP) is 4.49. The molecule has 22 heavy (non-hydrogen) atoms. The Morgan fingerprint density at radius 3 is 2.50 bits per heavy atom. The van der Waals surface area contributed by atoms with Gasteiger partial charge in [0.25, 0.3) is 0 Å². The van der Waals surface area contributed by atoms with Gasteiger partial charge in [0.1, 0.15) is 5.75 Å². The van der Waals surface area contributed by atoms with Crippen molar-refractivity contribution in [3.05, 3.63) is 71.8 Å². The summed E-state index contributed by atoms with van der Waals surface area (Å²) in [4.78, 5) is 0. The summed E-state index contributed by atoms with van der Waals surface area (Å²) in [5.74, 6) is 1.14. The first-order valence-electron chi connectivity index (χ1n) is 7.44. The van der Waals surface area contributed by atoms with E-state index in [4.69, 9.17) is 9.94 Å². The highest BCUT2D eigenvalue weighted by Gasteiger charge is 2.25. The van der Waals surface area contributed by atoms with Crippen molar-refractivity contribution in [2.24, 2.45) is 5.16 Å². The molecule has 3 heteroatoms. The minimum absolute atomic E-state index is 0.240. The number of hydrogen-bond donors (Lipinski definition) is 1. The third kappa shape index (κ3) is 2.75. The molecule has 0 radical (unpaired) electrons. The lowest BCUT2D eigenvalue weighted by atomic mass is 9.78. The van der Waals surface area contributed by atoms with Crippen LogP contribution in [0.5, 0.6) is 5.75 Å². The van der Waals surface area contributed by atoms with Crippen LogP contribution >= 0.6 is 0 Å². The minimum atomic E-state index is 0.240. The second-order valence-corrected chi connectivity index (χ2v) is 5.39. The van der Waals surface area contributed by atoms with Crippen molar-refractivity contribution in [2.45, 2.75) is 18.8 Å². The second-order valence-electron chi connectivity index (χ2n) is 5.39. The van der Waals surface area contributed by atoms with E-state index in [1.807, 2.05) is 42.5 Å². The molecular formula is C19H19NO2. The van der Waals surface area contributed by atoms with Crippen LogP contribution in [0.3, 0.4) is 0 Å². The zero-order valence-corrected chi connectivity index (χ0v) is 12.6. The van der Waals surface area contributed by atoms with Gasteiger partial charge in [-0.3, -0.25) is 0 Å². The molecule has 0 saturated carbocycles. The molecule has 0 fully saturated rings. The van der Waals surface area contributed by atoms with Gasteiger partial charge >= 0.3 is 0 Å². The van der Waals surface area contributed by atoms with Crippen molar-refractivity contribution in [1.29, 1.82) is 0 Å². The maximum atomic E-state index is 9.13. The smallest absolute Gasteiger partial charge is 0.122 e. The molecule has 0 bridgehead atoms. The lowest BCUT2D eigenvalue weighted by molar-refractivity contribution is 0.317. The molecule has 0 amide bonds. The third-order valence-electron chi connectivity index (χ3n) is 4.14. The Hall–Kier alpha value is -2.55. The lowest BCUT2D eigenvalue weighted by Gasteiger charge is -2.26. The Kier molecular flexibility index (Phi) is 4.24. The van der Waals surface area contributed by atoms with Gasteiger partial charge in [-0.1, -0.05) is 53.7 Å². The topological polar surface area (TPSA) is 41.8 Å². The number of ether oxygens (including phenoxy) is 1. The molecule has 0 spiro atoms. The average Bonchev–Trinajstić information content (AvgIpc) is 2.62. The molecule has 1 atom stereocenters. The molecule has 2 aromatic rings. The van der Waals surface area contributed by atoms with Crippen LogP contribution in [-0.4, -0.2) is 18.0 Å². The number of allylic oxidation sites excluding steroid dienone is 2. The Labute approximate surface area is 130 Å². The van der Waals surface area contributed by atoms with Gasteiger partial charge in [-0.15, -0.1) is 0 Å². The van der Waals surface area contributed by atoms with E-state index in [-0.39, 0.29) is 5.92 Å². The molecule has 3 nitrogen and oxygen atoms in total. The highest BCUT2D eigenvalue weighted by molar-refractivity contribution is 6.03. The SMILES string of the molecule is COc1ccccc1C1CC/C(=N\O)C=C1c1ccccc1. The lowest BCUT2D eigenvalue weighted by Crippen LogP contribution is -2.13. The maximum Gasteiger partial charge on any atom is 0.122 e. The monoisotopic (exact) mass is 293 g/mol. The summed E-state index contributed by atoms with van der Waals surface area (Å²) >= 11 is 0. The van der Waals surface area contributed by atoms with Crippen molar-refractivity contribution in [2.75, 3.05) is 7.11 Å². The van der Waals surface area contributed by atoms with E-state index in [1.165, 1.54) is 11.1 Å². The fraction of sp³-hybridized carbons (Fsp3) is 0.211. The summed E-state index contributed by atoms with van der Waals surface area (Å²) < 4.78 is 5.53. The quantitative estimate of drug-likeness (QED) is 0.669. The Morgan fingerprint density at radius 2 is 1.77 bits per heavy atom. The van der Waals surface area contributed by atoms with Crippen LogP contribution in [0.4, 0.5) is 0 Å². The number of nitrogens with zero attached hydrogens (tertiary/aromatic N) is 1. The van der Waals surface area contributed by atoms with Gasteiger partial charge in [-0.25, -0.2) is 0 Å². The van der Waals surface area contributed by atoms with Crippen LogP contribution < -0.4 is 4.74 Å². The highest BCUT2D eigenvalue weighted by atomic mass is 16.5. The molecule has 0 heterocycles. The number of oxime groups is 1. The van der Waals surface area contributed by atoms with E-state index >= 15 is 0 Å². The molecule has 1 aliphatic rings. The number of benzene rings is 2. The van der Waals surface area contributed by atoms with E-state index in [0.717, 1.165) is 29.9 Å². The van der Waals surface area contributed by atoms with Crippen molar-refractivity contribution in [3.63, 3.8) is 0 Å². The average molecular weight is 293 g/mol. The fourth-order valence-electron chi connectivity index (χ4n) is 3.07. The van der Waals surface area contributed by atoms with Gasteiger partial charge in [0.15, 0.2) is 0 Å². The van der Waals surface area contributed by atoms with E-state index in [9.17, 15) is 0 Å². The minimum Gasteiger partial charge on any atom is -0.496 e. The largest absolute Gasteiger partial charge is 0.496 e. The van der Waals surface area contributed by atoms with Crippen LogP contribution in [0.15, 0.2) is 65.8 Å². The number of hydrogen-bond acceptors (Lipinski definition) is 3. The predicted molar refractivity (Wildman–Crippen MR) is 88.6 cm³/mol. The summed E-state index contributed by atoms with van der Waals surface area (Å²) in [6.07, 6.45) is 3.66. The molecule has 1 aliphatic carbocycles. The molecule has 112 valence electrons. The van der Waals surface area contributed by atoms with Crippen molar-refractivity contribution < 1.29 is 9.94 Å². The summed E-state index contributed by atoms with van der Waals surface area (Å²) in [6, 6.07) is 18.4. The standard InChI is InChI=1S/C19H19NO2/c1-22-19-10-6-5-9-17(19)16-12-11-15(20-21)13-18(16)14-7-3-2-4-8-14/h2-10,13,16,21H,11-12H2,1H3/b20-15+. The first-order chi connectivity index (χ1) is 10.8. The van der Waals surface area contributed by atoms with Crippen LogP contribution in [0.25, 0.3) is 5.57 Å². The maximum absolute atomic E-state index is 9.13. The van der Waals surface area contributed by atoms with E-state index in [0.29, 0.717) is 0 Å². The van der Waals surface area contributed by atoms with Crippen molar-refractivity contribution >= 4 is 11.3 Å². The summed E-state index contributed by atoms with van der Waals surface area (Å²) in [6.45, 7) is 0. The van der Waals surface area contributed by atoms with Crippen LogP contribution in [-0.2, 0) is 0 Å². The normalized spacial score (nSPS) is 19.8. The van der Waals surface area contributed by atoms with Crippen molar-refractivity contribution in [3.8, 4) is 5.75 Å². The van der Waals surface area contributed by atoms with Gasteiger partial charge < -0.3 is 9.94 Å². The van der Waals surface area contributed by atoms with Gasteiger partial charge in [-0.2, -0.15) is 0 Å². The van der Waals surface area contributed by atoms with E-state index in [2.05, 4.69) is 23.4 Å². The zero-order chi connectivity index (χ0) is 15.4. The summed E-state index contributed by atoms with van der Waals surface area (Å²) in [5.41, 5.74) is 4.23. The molecule has 1 unspecified atom stereocenters. The van der Waals surface area contributed by atoms with Crippen LogP contribution in [0.2, 0.25) is 0 Å². The van der Waals surface area contributed by atoms with E-state index < -0.39 is 0 Å². The van der Waals surface area contributed by atoms with Gasteiger partial charge in [0, 0.05) is 11.5 Å². The van der Waals surface area contributed by atoms with Gasteiger partial charge in [-0.05, 0) is 36.1 Å². The Balaban J connectivity index is 2.10. The molecule has 0 aliphatic heterocycles. The van der Waals surface area contributed by atoms with Gasteiger partial charge in [0.2, 0.25) is 0 Å². The number of rotatable bonds is 3. The zero-order valence-electron chi connectivity index (χ0n) is 12.6. The first kappa shape index (κ1) is 14.4. The molecule has 0 saturated heterocycles. The Bertz CT molecular complexity index is 704. The summed E-state index contributed by atoms with van der Waals surface area (Å²) in [7, 11) is 1.70.